The van der Waals surface area contributed by atoms with Crippen LogP contribution >= 0.6 is 0 Å². The van der Waals surface area contributed by atoms with Crippen LogP contribution in [0.3, 0.4) is 0 Å². The van der Waals surface area contributed by atoms with Gasteiger partial charge in [-0.15, -0.1) is 0 Å². The number of ketones is 1. The lowest BCUT2D eigenvalue weighted by atomic mass is 9.34. The van der Waals surface area contributed by atoms with Crippen LogP contribution in [-0.2, 0) is 9.59 Å². The first kappa shape index (κ1) is 25.7. The topological polar surface area (TPSA) is 98.4 Å². The molecule has 5 nitrogen and oxygen atoms in total. The lowest BCUT2D eigenvalue weighted by Crippen LogP contribution is -2.65. The number of hydrogen-bond donors (Lipinski definition) is 2. The Morgan fingerprint density at radius 3 is 2.28 bits per heavy atom. The number of allylic oxidation sites excluding steroid dienone is 3. The predicted octanol–water partition coefficient (Wildman–Crippen LogP) is 6.08. The molecule has 0 aromatic rings. The average molecular weight is 494 g/mol. The summed E-state index contributed by atoms with van der Waals surface area (Å²) in [6.45, 7) is 15.1. The Kier molecular flexibility index (Phi) is 5.24. The van der Waals surface area contributed by atoms with Gasteiger partial charge in [0.2, 0.25) is 0 Å². The Morgan fingerprint density at radius 2 is 1.67 bits per heavy atom. The zero-order valence-corrected chi connectivity index (χ0v) is 23.1. The van der Waals surface area contributed by atoms with Crippen molar-refractivity contribution in [2.75, 3.05) is 0 Å². The second-order valence-electron chi connectivity index (χ2n) is 14.8. The van der Waals surface area contributed by atoms with E-state index in [0.29, 0.717) is 18.4 Å². The van der Waals surface area contributed by atoms with Crippen molar-refractivity contribution in [3.63, 3.8) is 0 Å². The summed E-state index contributed by atoms with van der Waals surface area (Å²) in [5, 5.41) is 31.0. The second kappa shape index (κ2) is 7.34. The van der Waals surface area contributed by atoms with Gasteiger partial charge in [0.25, 0.3) is 0 Å². The van der Waals surface area contributed by atoms with Crippen molar-refractivity contribution >= 4 is 11.8 Å². The Hall–Kier alpha value is -1.93. The van der Waals surface area contributed by atoms with Crippen LogP contribution in [-0.4, -0.2) is 28.1 Å². The third kappa shape index (κ3) is 2.91. The maximum absolute atomic E-state index is 14.2. The molecule has 0 aliphatic heterocycles. The van der Waals surface area contributed by atoms with Crippen molar-refractivity contribution < 1.29 is 19.8 Å². The van der Waals surface area contributed by atoms with E-state index >= 15 is 0 Å². The molecule has 0 spiro atoms. The zero-order valence-electron chi connectivity index (χ0n) is 23.1. The number of carbonyl (C=O) groups is 2. The summed E-state index contributed by atoms with van der Waals surface area (Å²) in [5.41, 5.74) is -0.724. The molecule has 5 aliphatic carbocycles. The smallest absolute Gasteiger partial charge is 0.309 e. The normalized spacial score (nSPS) is 51.4. The van der Waals surface area contributed by atoms with Gasteiger partial charge in [0.1, 0.15) is 0 Å². The van der Waals surface area contributed by atoms with E-state index in [1.165, 1.54) is 0 Å². The summed E-state index contributed by atoms with van der Waals surface area (Å²) >= 11 is 0. The van der Waals surface area contributed by atoms with Gasteiger partial charge in [-0.25, -0.2) is 0 Å². The van der Waals surface area contributed by atoms with Gasteiger partial charge in [0, 0.05) is 11.3 Å². The van der Waals surface area contributed by atoms with Crippen LogP contribution in [0.15, 0.2) is 23.3 Å². The van der Waals surface area contributed by atoms with Crippen LogP contribution in [0.2, 0.25) is 0 Å². The fourth-order valence-corrected chi connectivity index (χ4v) is 10.1. The van der Waals surface area contributed by atoms with Crippen LogP contribution in [0.25, 0.3) is 0 Å². The number of carboxylic acids is 1. The maximum atomic E-state index is 14.2. The number of aliphatic hydroxyl groups is 1. The quantitative estimate of drug-likeness (QED) is 0.461. The van der Waals surface area contributed by atoms with Crippen molar-refractivity contribution in [3.05, 3.63) is 23.3 Å². The fourth-order valence-electron chi connectivity index (χ4n) is 10.1. The summed E-state index contributed by atoms with van der Waals surface area (Å²) in [6, 6.07) is 2.26. The molecule has 5 heteroatoms. The van der Waals surface area contributed by atoms with E-state index in [1.807, 2.05) is 19.1 Å². The van der Waals surface area contributed by atoms with E-state index in [0.717, 1.165) is 37.7 Å². The van der Waals surface area contributed by atoms with Crippen molar-refractivity contribution in [3.8, 4) is 6.07 Å². The number of aliphatic carboxylic acids is 1. The number of carboxylic acid groups (broad SMARTS) is 1. The summed E-state index contributed by atoms with van der Waals surface area (Å²) in [5.74, 6) is -0.608. The largest absolute Gasteiger partial charge is 0.481 e. The van der Waals surface area contributed by atoms with Gasteiger partial charge in [-0.3, -0.25) is 9.59 Å². The number of carbonyl (C=O) groups excluding carboxylic acids is 1. The first-order valence-electron chi connectivity index (χ1n) is 13.8. The maximum Gasteiger partial charge on any atom is 0.309 e. The molecule has 0 amide bonds. The molecule has 3 saturated carbocycles. The Balaban J connectivity index is 1.67. The fraction of sp³-hybridized carbons (Fsp3) is 0.774. The van der Waals surface area contributed by atoms with E-state index in [4.69, 9.17) is 0 Å². The molecule has 0 aromatic heterocycles. The molecule has 0 aromatic carbocycles. The number of nitriles is 1. The predicted molar refractivity (Wildman–Crippen MR) is 138 cm³/mol. The minimum absolute atomic E-state index is 0.0115. The van der Waals surface area contributed by atoms with Gasteiger partial charge < -0.3 is 10.2 Å². The molecule has 0 radical (unpaired) electrons. The molecule has 5 aliphatic rings. The molecular formula is C31H43NO4. The zero-order chi connectivity index (χ0) is 26.7. The number of fused-ring (bicyclic) bond motifs is 7. The lowest BCUT2D eigenvalue weighted by molar-refractivity contribution is -0.178. The number of hydrogen-bond acceptors (Lipinski definition) is 4. The summed E-state index contributed by atoms with van der Waals surface area (Å²) < 4.78 is 0. The SMILES string of the molecule is CC1(C)C(O)C(C#N)=C[C@]2(C)C3=CC(=O)[C@@H]4[C@@H]5C[C@@](C)(C(=O)O)CC[C@]5(C)CC[C@@]4(C)[C@]3(C)CC[C@@H]12. The highest BCUT2D eigenvalue weighted by molar-refractivity contribution is 5.95. The van der Waals surface area contributed by atoms with E-state index in [1.54, 1.807) is 0 Å². The van der Waals surface area contributed by atoms with Gasteiger partial charge >= 0.3 is 5.97 Å². The molecule has 1 unspecified atom stereocenters. The minimum atomic E-state index is -0.806. The highest BCUT2D eigenvalue weighted by Crippen LogP contribution is 2.74. The minimum Gasteiger partial charge on any atom is -0.481 e. The van der Waals surface area contributed by atoms with Crippen molar-refractivity contribution in [2.45, 2.75) is 99.5 Å². The first-order chi connectivity index (χ1) is 16.5. The van der Waals surface area contributed by atoms with Gasteiger partial charge in [0.05, 0.1) is 23.2 Å². The van der Waals surface area contributed by atoms with Crippen LogP contribution in [0, 0.1) is 61.6 Å². The van der Waals surface area contributed by atoms with Crippen LogP contribution in [0.4, 0.5) is 0 Å². The third-order valence-electron chi connectivity index (χ3n) is 12.8. The standard InChI is InChI=1S/C31H43NO4/c1-26(2)21-8-9-30(6)22(29(21,5)15-18(17-32)24(26)34)14-20(33)23-19-16-28(4,25(35)36)11-10-27(19,3)12-13-31(23,30)7/h14-15,19,21,23-24,34H,8-13,16H2,1-7H3,(H,35,36)/t19-,21-,23-,24?,27+,28-,29-,30+,31+/m0/s1. The molecule has 196 valence electrons. The lowest BCUT2D eigenvalue weighted by Gasteiger charge is -2.69. The average Bonchev–Trinajstić information content (AvgIpc) is 2.79. The van der Waals surface area contributed by atoms with Crippen LogP contribution < -0.4 is 0 Å². The van der Waals surface area contributed by atoms with Gasteiger partial charge in [-0.2, -0.15) is 5.26 Å². The number of nitrogens with zero attached hydrogens (tertiary/aromatic N) is 1. The van der Waals surface area contributed by atoms with E-state index in [-0.39, 0.29) is 39.8 Å². The van der Waals surface area contributed by atoms with Gasteiger partial charge in [-0.05, 0) is 91.4 Å². The molecule has 9 atom stereocenters. The number of aliphatic hydroxyl groups excluding tert-OH is 1. The molecule has 3 fully saturated rings. The molecule has 5 rings (SSSR count). The van der Waals surface area contributed by atoms with Crippen LogP contribution in [0.5, 0.6) is 0 Å². The Morgan fingerprint density at radius 1 is 1.03 bits per heavy atom. The molecule has 2 N–H and O–H groups in total. The van der Waals surface area contributed by atoms with Crippen molar-refractivity contribution in [1.29, 1.82) is 5.26 Å². The summed E-state index contributed by atoms with van der Waals surface area (Å²) in [7, 11) is 0. The first-order valence-corrected chi connectivity index (χ1v) is 13.8. The van der Waals surface area contributed by atoms with Crippen molar-refractivity contribution in [1.82, 2.24) is 0 Å². The molecule has 0 heterocycles. The van der Waals surface area contributed by atoms with E-state index in [9.17, 15) is 25.1 Å². The third-order valence-corrected chi connectivity index (χ3v) is 12.8. The van der Waals surface area contributed by atoms with Crippen LogP contribution in [0.1, 0.15) is 93.4 Å². The number of rotatable bonds is 1. The molecule has 0 saturated heterocycles. The Bertz CT molecular complexity index is 1140. The highest BCUT2D eigenvalue weighted by Gasteiger charge is 2.69. The highest BCUT2D eigenvalue weighted by atomic mass is 16.4. The monoisotopic (exact) mass is 493 g/mol. The Labute approximate surface area is 216 Å². The van der Waals surface area contributed by atoms with Crippen molar-refractivity contribution in [2.24, 2.45) is 50.2 Å². The molecule has 0 bridgehead atoms. The summed E-state index contributed by atoms with van der Waals surface area (Å²) in [6.07, 6.45) is 8.99. The van der Waals surface area contributed by atoms with Gasteiger partial charge in [-0.1, -0.05) is 53.2 Å². The second-order valence-corrected chi connectivity index (χ2v) is 14.8. The summed E-state index contributed by atoms with van der Waals surface area (Å²) in [4.78, 5) is 26.5. The van der Waals surface area contributed by atoms with E-state index < -0.39 is 28.3 Å². The molecular weight excluding hydrogens is 450 g/mol. The van der Waals surface area contributed by atoms with E-state index in [2.05, 4.69) is 47.6 Å². The molecule has 36 heavy (non-hydrogen) atoms. The van der Waals surface area contributed by atoms with Gasteiger partial charge in [0.15, 0.2) is 5.78 Å².